The molecule has 7 heteroatoms. The maximum atomic E-state index is 13.2. The lowest BCUT2D eigenvalue weighted by atomic mass is 10.1. The fourth-order valence-corrected chi connectivity index (χ4v) is 2.00. The summed E-state index contributed by atoms with van der Waals surface area (Å²) in [5.41, 5.74) is 0.395. The van der Waals surface area contributed by atoms with E-state index < -0.39 is 17.7 Å². The summed E-state index contributed by atoms with van der Waals surface area (Å²) in [5, 5.41) is 2.53. The number of carbonyl (C=O) groups excluding carboxylic acids is 2. The lowest BCUT2D eigenvalue weighted by molar-refractivity contribution is 0.0601. The van der Waals surface area contributed by atoms with Gasteiger partial charge in [0.05, 0.1) is 23.9 Å². The van der Waals surface area contributed by atoms with Gasteiger partial charge in [0.25, 0.3) is 5.91 Å². The number of amides is 1. The van der Waals surface area contributed by atoms with Crippen molar-refractivity contribution in [2.24, 2.45) is 0 Å². The van der Waals surface area contributed by atoms with Crippen LogP contribution in [0, 0.1) is 5.82 Å². The van der Waals surface area contributed by atoms with Crippen LogP contribution < -0.4 is 5.32 Å². The highest BCUT2D eigenvalue weighted by Gasteiger charge is 2.16. The van der Waals surface area contributed by atoms with Crippen molar-refractivity contribution >= 4 is 33.5 Å². The normalized spacial score (nSPS) is 10.0. The number of nitrogens with zero attached hydrogens (tertiary/aromatic N) is 1. The molecule has 0 radical (unpaired) electrons. The van der Waals surface area contributed by atoms with E-state index in [1.165, 1.54) is 25.6 Å². The summed E-state index contributed by atoms with van der Waals surface area (Å²) < 4.78 is 18.4. The standard InChI is InChI=1S/C14H10BrFN2O3/c1-21-14(20)11-5-10(16)2-3-12(11)18-13(19)8-4-9(15)7-17-6-8/h2-7H,1H3,(H,18,19). The molecule has 0 bridgehead atoms. The lowest BCUT2D eigenvalue weighted by Crippen LogP contribution is -2.16. The quantitative estimate of drug-likeness (QED) is 0.862. The SMILES string of the molecule is COC(=O)c1cc(F)ccc1NC(=O)c1cncc(Br)c1. The van der Waals surface area contributed by atoms with Crippen LogP contribution in [-0.4, -0.2) is 24.0 Å². The first-order valence-electron chi connectivity index (χ1n) is 5.81. The van der Waals surface area contributed by atoms with E-state index in [2.05, 4.69) is 31.0 Å². The third kappa shape index (κ3) is 3.63. The van der Waals surface area contributed by atoms with Crippen LogP contribution in [-0.2, 0) is 4.74 Å². The fourth-order valence-electron chi connectivity index (χ4n) is 1.63. The average molecular weight is 353 g/mol. The molecule has 2 aromatic rings. The Bertz CT molecular complexity index is 706. The number of aromatic nitrogens is 1. The zero-order valence-corrected chi connectivity index (χ0v) is 12.5. The molecule has 0 spiro atoms. The molecule has 2 rings (SSSR count). The Morgan fingerprint density at radius 2 is 2.05 bits per heavy atom. The van der Waals surface area contributed by atoms with Crippen molar-refractivity contribution in [2.45, 2.75) is 0 Å². The Labute approximate surface area is 128 Å². The first-order valence-corrected chi connectivity index (χ1v) is 6.60. The first-order chi connectivity index (χ1) is 10.0. The summed E-state index contributed by atoms with van der Waals surface area (Å²) in [6, 6.07) is 5.01. The topological polar surface area (TPSA) is 68.3 Å². The second kappa shape index (κ2) is 6.45. The number of pyridine rings is 1. The summed E-state index contributed by atoms with van der Waals surface area (Å²) >= 11 is 3.21. The molecule has 5 nitrogen and oxygen atoms in total. The minimum atomic E-state index is -0.739. The molecule has 1 heterocycles. The van der Waals surface area contributed by atoms with E-state index in [-0.39, 0.29) is 11.3 Å². The first kappa shape index (κ1) is 15.1. The predicted molar refractivity (Wildman–Crippen MR) is 77.6 cm³/mol. The van der Waals surface area contributed by atoms with Crippen LogP contribution in [0.4, 0.5) is 10.1 Å². The number of halogens is 2. The molecule has 0 aliphatic carbocycles. The molecule has 1 amide bonds. The second-order valence-electron chi connectivity index (χ2n) is 4.03. The van der Waals surface area contributed by atoms with Crippen LogP contribution in [0.5, 0.6) is 0 Å². The molecule has 1 aromatic heterocycles. The monoisotopic (exact) mass is 352 g/mol. The van der Waals surface area contributed by atoms with E-state index >= 15 is 0 Å². The van der Waals surface area contributed by atoms with Gasteiger partial charge >= 0.3 is 5.97 Å². The summed E-state index contributed by atoms with van der Waals surface area (Å²) in [4.78, 5) is 27.6. The average Bonchev–Trinajstić information content (AvgIpc) is 2.48. The number of anilines is 1. The highest BCUT2D eigenvalue weighted by Crippen LogP contribution is 2.19. The molecule has 0 aliphatic heterocycles. The van der Waals surface area contributed by atoms with Gasteiger partial charge in [-0.05, 0) is 40.2 Å². The Morgan fingerprint density at radius 3 is 2.71 bits per heavy atom. The number of methoxy groups -OCH3 is 1. The molecule has 0 fully saturated rings. The van der Waals surface area contributed by atoms with Gasteiger partial charge in [0, 0.05) is 16.9 Å². The fraction of sp³-hybridized carbons (Fsp3) is 0.0714. The number of nitrogens with one attached hydrogen (secondary N) is 1. The summed E-state index contributed by atoms with van der Waals surface area (Å²) in [5.74, 6) is -1.81. The molecule has 1 aromatic carbocycles. The maximum Gasteiger partial charge on any atom is 0.340 e. The molecule has 21 heavy (non-hydrogen) atoms. The van der Waals surface area contributed by atoms with Crippen LogP contribution in [0.25, 0.3) is 0 Å². The van der Waals surface area contributed by atoms with Crippen LogP contribution in [0.1, 0.15) is 20.7 Å². The van der Waals surface area contributed by atoms with Crippen molar-refractivity contribution in [1.82, 2.24) is 4.98 Å². The molecule has 0 saturated heterocycles. The Balaban J connectivity index is 2.31. The smallest absolute Gasteiger partial charge is 0.340 e. The largest absolute Gasteiger partial charge is 0.465 e. The summed E-state index contributed by atoms with van der Waals surface area (Å²) in [6.07, 6.45) is 2.91. The Morgan fingerprint density at radius 1 is 1.29 bits per heavy atom. The zero-order chi connectivity index (χ0) is 15.4. The molecular weight excluding hydrogens is 343 g/mol. The number of hydrogen-bond donors (Lipinski definition) is 1. The minimum absolute atomic E-state index is 0.0613. The van der Waals surface area contributed by atoms with Crippen LogP contribution in [0.15, 0.2) is 41.1 Å². The predicted octanol–water partition coefficient (Wildman–Crippen LogP) is 3.02. The van der Waals surface area contributed by atoms with Crippen molar-refractivity contribution in [2.75, 3.05) is 12.4 Å². The van der Waals surface area contributed by atoms with Gasteiger partial charge in [-0.25, -0.2) is 9.18 Å². The van der Waals surface area contributed by atoms with E-state index in [0.29, 0.717) is 10.0 Å². The lowest BCUT2D eigenvalue weighted by Gasteiger charge is -2.10. The molecule has 0 atom stereocenters. The van der Waals surface area contributed by atoms with Gasteiger partial charge < -0.3 is 10.1 Å². The molecule has 108 valence electrons. The van der Waals surface area contributed by atoms with Crippen LogP contribution in [0.2, 0.25) is 0 Å². The molecular formula is C14H10BrFN2O3. The zero-order valence-electron chi connectivity index (χ0n) is 10.9. The van der Waals surface area contributed by atoms with E-state index in [1.807, 2.05) is 0 Å². The third-order valence-electron chi connectivity index (χ3n) is 2.60. The number of hydrogen-bond acceptors (Lipinski definition) is 4. The van der Waals surface area contributed by atoms with E-state index in [1.54, 1.807) is 6.07 Å². The van der Waals surface area contributed by atoms with Gasteiger partial charge in [-0.15, -0.1) is 0 Å². The van der Waals surface area contributed by atoms with Gasteiger partial charge in [0.15, 0.2) is 0 Å². The Hall–Kier alpha value is -2.28. The number of rotatable bonds is 3. The van der Waals surface area contributed by atoms with Crippen molar-refractivity contribution in [3.63, 3.8) is 0 Å². The van der Waals surface area contributed by atoms with Crippen molar-refractivity contribution in [3.8, 4) is 0 Å². The molecule has 0 saturated carbocycles. The second-order valence-corrected chi connectivity index (χ2v) is 4.94. The van der Waals surface area contributed by atoms with E-state index in [4.69, 9.17) is 0 Å². The van der Waals surface area contributed by atoms with Crippen molar-refractivity contribution in [1.29, 1.82) is 0 Å². The highest BCUT2D eigenvalue weighted by molar-refractivity contribution is 9.10. The van der Waals surface area contributed by atoms with Gasteiger partial charge in [-0.2, -0.15) is 0 Å². The van der Waals surface area contributed by atoms with E-state index in [9.17, 15) is 14.0 Å². The van der Waals surface area contributed by atoms with Gasteiger partial charge in [-0.1, -0.05) is 0 Å². The van der Waals surface area contributed by atoms with Gasteiger partial charge in [0.1, 0.15) is 5.82 Å². The molecule has 0 unspecified atom stereocenters. The minimum Gasteiger partial charge on any atom is -0.465 e. The van der Waals surface area contributed by atoms with Crippen LogP contribution >= 0.6 is 15.9 Å². The number of carbonyl (C=O) groups is 2. The van der Waals surface area contributed by atoms with Crippen molar-refractivity contribution in [3.05, 3.63) is 58.1 Å². The van der Waals surface area contributed by atoms with Gasteiger partial charge in [0.2, 0.25) is 0 Å². The van der Waals surface area contributed by atoms with Crippen LogP contribution in [0.3, 0.4) is 0 Å². The van der Waals surface area contributed by atoms with Crippen molar-refractivity contribution < 1.29 is 18.7 Å². The maximum absolute atomic E-state index is 13.2. The summed E-state index contributed by atoms with van der Waals surface area (Å²) in [7, 11) is 1.18. The van der Waals surface area contributed by atoms with E-state index in [0.717, 1.165) is 12.1 Å². The number of ether oxygens (including phenoxy) is 1. The van der Waals surface area contributed by atoms with Gasteiger partial charge in [-0.3, -0.25) is 9.78 Å². The highest BCUT2D eigenvalue weighted by atomic mass is 79.9. The molecule has 1 N–H and O–H groups in total. The third-order valence-corrected chi connectivity index (χ3v) is 3.04. The Kier molecular flexibility index (Phi) is 4.64. The number of benzene rings is 1. The number of esters is 1. The summed E-state index contributed by atoms with van der Waals surface area (Å²) in [6.45, 7) is 0. The molecule has 0 aliphatic rings.